The van der Waals surface area contributed by atoms with E-state index in [1.165, 1.54) is 0 Å². The number of aryl methyl sites for hydroxylation is 1. The predicted molar refractivity (Wildman–Crippen MR) is 73.0 cm³/mol. The Morgan fingerprint density at radius 2 is 1.95 bits per heavy atom. The van der Waals surface area contributed by atoms with E-state index in [-0.39, 0.29) is 18.9 Å². The zero-order valence-electron chi connectivity index (χ0n) is 11.5. The van der Waals surface area contributed by atoms with Gasteiger partial charge in [0, 0.05) is 12.1 Å². The van der Waals surface area contributed by atoms with Crippen molar-refractivity contribution in [2.75, 3.05) is 6.79 Å². The van der Waals surface area contributed by atoms with E-state index in [9.17, 15) is 0 Å². The molecule has 2 unspecified atom stereocenters. The van der Waals surface area contributed by atoms with Crippen LogP contribution in [-0.2, 0) is 0 Å². The lowest BCUT2D eigenvalue weighted by molar-refractivity contribution is 0.151. The highest BCUT2D eigenvalue weighted by Crippen LogP contribution is 2.36. The van der Waals surface area contributed by atoms with E-state index < -0.39 is 0 Å². The fourth-order valence-electron chi connectivity index (χ4n) is 2.13. The number of hydrogen-bond acceptors (Lipinski definition) is 5. The van der Waals surface area contributed by atoms with Crippen molar-refractivity contribution in [1.82, 2.24) is 0 Å². The summed E-state index contributed by atoms with van der Waals surface area (Å²) < 4.78 is 22.2. The van der Waals surface area contributed by atoms with Crippen LogP contribution in [-0.4, -0.2) is 12.8 Å². The van der Waals surface area contributed by atoms with E-state index in [0.717, 1.165) is 17.3 Å². The average molecular weight is 275 g/mol. The molecule has 1 aromatic heterocycles. The van der Waals surface area contributed by atoms with Gasteiger partial charge in [-0.05, 0) is 38.1 Å². The van der Waals surface area contributed by atoms with E-state index in [4.69, 9.17) is 24.4 Å². The Bertz CT molecular complexity index is 606. The third-order valence-electron chi connectivity index (χ3n) is 3.13. The van der Waals surface area contributed by atoms with Crippen LogP contribution in [0.5, 0.6) is 17.2 Å². The lowest BCUT2D eigenvalue weighted by Crippen LogP contribution is -2.28. The van der Waals surface area contributed by atoms with Gasteiger partial charge in [0.25, 0.3) is 0 Å². The fourth-order valence-corrected chi connectivity index (χ4v) is 2.13. The maximum Gasteiger partial charge on any atom is 0.231 e. The number of fused-ring (bicyclic) bond motifs is 1. The summed E-state index contributed by atoms with van der Waals surface area (Å²) in [7, 11) is 0. The van der Waals surface area contributed by atoms with Crippen molar-refractivity contribution in [2.45, 2.75) is 26.0 Å². The van der Waals surface area contributed by atoms with Crippen LogP contribution in [0, 0.1) is 6.92 Å². The van der Waals surface area contributed by atoms with Crippen LogP contribution in [0.2, 0.25) is 0 Å². The van der Waals surface area contributed by atoms with Crippen LogP contribution in [0.25, 0.3) is 0 Å². The van der Waals surface area contributed by atoms with Gasteiger partial charge in [-0.25, -0.2) is 0 Å². The second-order valence-corrected chi connectivity index (χ2v) is 4.86. The zero-order valence-corrected chi connectivity index (χ0v) is 11.5. The highest BCUT2D eigenvalue weighted by atomic mass is 16.7. The van der Waals surface area contributed by atoms with Gasteiger partial charge in [0.15, 0.2) is 17.6 Å². The minimum atomic E-state index is -0.343. The van der Waals surface area contributed by atoms with Crippen LogP contribution in [0.1, 0.15) is 24.5 Å². The third kappa shape index (κ3) is 2.44. The molecule has 0 bridgehead atoms. The van der Waals surface area contributed by atoms with Crippen LogP contribution < -0.4 is 19.9 Å². The fraction of sp³-hybridized carbons (Fsp3) is 0.333. The molecule has 2 heterocycles. The molecule has 2 aromatic rings. The summed E-state index contributed by atoms with van der Waals surface area (Å²) in [6, 6.07) is 9.03. The molecule has 5 nitrogen and oxygen atoms in total. The largest absolute Gasteiger partial charge is 0.481 e. The molecule has 1 aliphatic heterocycles. The Kier molecular flexibility index (Phi) is 3.28. The summed E-state index contributed by atoms with van der Waals surface area (Å²) >= 11 is 0. The van der Waals surface area contributed by atoms with Gasteiger partial charge in [-0.3, -0.25) is 0 Å². The van der Waals surface area contributed by atoms with Gasteiger partial charge < -0.3 is 24.4 Å². The topological polar surface area (TPSA) is 66.8 Å². The Balaban J connectivity index is 1.83. The van der Waals surface area contributed by atoms with Crippen molar-refractivity contribution >= 4 is 0 Å². The maximum absolute atomic E-state index is 6.00. The van der Waals surface area contributed by atoms with Crippen LogP contribution >= 0.6 is 0 Å². The Labute approximate surface area is 117 Å². The third-order valence-corrected chi connectivity index (χ3v) is 3.13. The first-order valence-corrected chi connectivity index (χ1v) is 6.52. The molecule has 2 atom stereocenters. The number of nitrogens with two attached hydrogens (primary N) is 1. The molecule has 0 radical (unpaired) electrons. The van der Waals surface area contributed by atoms with E-state index >= 15 is 0 Å². The van der Waals surface area contributed by atoms with Crippen molar-refractivity contribution < 1.29 is 18.6 Å². The molecule has 0 saturated heterocycles. The van der Waals surface area contributed by atoms with Crippen molar-refractivity contribution in [3.05, 3.63) is 41.9 Å². The van der Waals surface area contributed by atoms with Crippen LogP contribution in [0.3, 0.4) is 0 Å². The van der Waals surface area contributed by atoms with E-state index in [1.807, 2.05) is 38.1 Å². The average Bonchev–Trinajstić information content (AvgIpc) is 3.03. The highest BCUT2D eigenvalue weighted by molar-refractivity contribution is 5.47. The summed E-state index contributed by atoms with van der Waals surface area (Å²) in [4.78, 5) is 0. The number of hydrogen-bond donors (Lipinski definition) is 1. The second-order valence-electron chi connectivity index (χ2n) is 4.86. The maximum atomic E-state index is 6.00. The summed E-state index contributed by atoms with van der Waals surface area (Å²) in [6.45, 7) is 4.02. The predicted octanol–water partition coefficient (Wildman–Crippen LogP) is 2.78. The minimum absolute atomic E-state index is 0.203. The molecular weight excluding hydrogens is 258 g/mol. The molecular formula is C15H17NO4. The summed E-state index contributed by atoms with van der Waals surface area (Å²) in [6.07, 6.45) is -0.343. The summed E-state index contributed by atoms with van der Waals surface area (Å²) in [5, 5.41) is 0. The monoisotopic (exact) mass is 275 g/mol. The number of ether oxygens (including phenoxy) is 3. The van der Waals surface area contributed by atoms with Crippen molar-refractivity contribution in [1.29, 1.82) is 0 Å². The van der Waals surface area contributed by atoms with E-state index in [0.29, 0.717) is 11.5 Å². The molecule has 1 aromatic carbocycles. The molecule has 0 amide bonds. The van der Waals surface area contributed by atoms with Crippen molar-refractivity contribution in [3.63, 3.8) is 0 Å². The smallest absolute Gasteiger partial charge is 0.231 e. The molecule has 0 fully saturated rings. The first-order chi connectivity index (χ1) is 9.63. The molecule has 20 heavy (non-hydrogen) atoms. The minimum Gasteiger partial charge on any atom is -0.481 e. The van der Waals surface area contributed by atoms with Crippen LogP contribution in [0.4, 0.5) is 0 Å². The van der Waals surface area contributed by atoms with Gasteiger partial charge in [-0.15, -0.1) is 0 Å². The molecule has 106 valence electrons. The summed E-state index contributed by atoms with van der Waals surface area (Å²) in [5.41, 5.74) is 6.00. The SMILES string of the molecule is Cc1ccc(C(Oc2ccc3c(c2)OCO3)C(C)N)o1. The van der Waals surface area contributed by atoms with Crippen LogP contribution in [0.15, 0.2) is 34.7 Å². The molecule has 0 spiro atoms. The lowest BCUT2D eigenvalue weighted by atomic mass is 10.1. The Morgan fingerprint density at radius 1 is 1.15 bits per heavy atom. The lowest BCUT2D eigenvalue weighted by Gasteiger charge is -2.20. The quantitative estimate of drug-likeness (QED) is 0.929. The van der Waals surface area contributed by atoms with Gasteiger partial charge in [-0.2, -0.15) is 0 Å². The summed E-state index contributed by atoms with van der Waals surface area (Å²) in [5.74, 6) is 3.63. The number of rotatable bonds is 4. The highest BCUT2D eigenvalue weighted by Gasteiger charge is 2.23. The normalized spacial score (nSPS) is 15.9. The number of benzene rings is 1. The van der Waals surface area contributed by atoms with Gasteiger partial charge in [0.1, 0.15) is 17.3 Å². The molecule has 2 N–H and O–H groups in total. The van der Waals surface area contributed by atoms with Crippen molar-refractivity contribution in [2.24, 2.45) is 5.73 Å². The first-order valence-electron chi connectivity index (χ1n) is 6.52. The molecule has 1 aliphatic rings. The Morgan fingerprint density at radius 3 is 2.65 bits per heavy atom. The molecule has 0 aliphatic carbocycles. The molecule has 3 rings (SSSR count). The second kappa shape index (κ2) is 5.09. The Hall–Kier alpha value is -2.14. The van der Waals surface area contributed by atoms with E-state index in [1.54, 1.807) is 6.07 Å². The first kappa shape index (κ1) is 12.9. The van der Waals surface area contributed by atoms with Gasteiger partial charge in [0.05, 0.1) is 0 Å². The molecule has 0 saturated carbocycles. The molecule has 5 heteroatoms. The van der Waals surface area contributed by atoms with Gasteiger partial charge in [-0.1, -0.05) is 0 Å². The van der Waals surface area contributed by atoms with Gasteiger partial charge >= 0.3 is 0 Å². The standard InChI is InChI=1S/C15H17NO4/c1-9-3-5-13(19-9)15(10(2)16)20-11-4-6-12-14(7-11)18-8-17-12/h3-7,10,15H,8,16H2,1-2H3. The van der Waals surface area contributed by atoms with Crippen molar-refractivity contribution in [3.8, 4) is 17.2 Å². The zero-order chi connectivity index (χ0) is 14.1. The van der Waals surface area contributed by atoms with Gasteiger partial charge in [0.2, 0.25) is 6.79 Å². The number of furan rings is 1. The van der Waals surface area contributed by atoms with E-state index in [2.05, 4.69) is 0 Å².